The average molecular weight is 273 g/mol. The quantitative estimate of drug-likeness (QED) is 0.541. The summed E-state index contributed by atoms with van der Waals surface area (Å²) in [7, 11) is 0. The monoisotopic (exact) mass is 273 g/mol. The van der Waals surface area contributed by atoms with Gasteiger partial charge < -0.3 is 0 Å². The Labute approximate surface area is 75.6 Å². The van der Waals surface area contributed by atoms with Crippen molar-refractivity contribution in [1.29, 1.82) is 0 Å². The molecular formula is C7H5F3I+. The molecule has 0 N–H and O–H groups in total. The Morgan fingerprint density at radius 2 is 1.64 bits per heavy atom. The zero-order chi connectivity index (χ0) is 8.48. The molecule has 0 amide bonds. The molecule has 0 saturated carbocycles. The van der Waals surface area contributed by atoms with Crippen LogP contribution in [0.2, 0.25) is 0 Å². The van der Waals surface area contributed by atoms with Crippen molar-refractivity contribution in [1.82, 2.24) is 0 Å². The number of benzene rings is 1. The molecular weight excluding hydrogens is 268 g/mol. The molecule has 0 heterocycles. The molecule has 0 unspecified atom stereocenters. The lowest BCUT2D eigenvalue weighted by Crippen LogP contribution is -3.34. The second-order valence-electron chi connectivity index (χ2n) is 1.99. The molecule has 0 atom stereocenters. The molecule has 1 aromatic carbocycles. The van der Waals surface area contributed by atoms with Crippen LogP contribution >= 0.6 is 0 Å². The van der Waals surface area contributed by atoms with Crippen molar-refractivity contribution < 1.29 is 35.8 Å². The molecule has 0 aliphatic heterocycles. The Balaban J connectivity index is 3.14. The van der Waals surface area contributed by atoms with E-state index in [0.29, 0.717) is 0 Å². The van der Waals surface area contributed by atoms with Crippen molar-refractivity contribution in [3.05, 3.63) is 33.4 Å². The van der Waals surface area contributed by atoms with Crippen LogP contribution in [0.5, 0.6) is 0 Å². The maximum absolute atomic E-state index is 12.1. The third kappa shape index (κ3) is 2.08. The SMILES string of the molecule is FC(F)(F)c1ccccc1[IH+]. The van der Waals surface area contributed by atoms with Crippen LogP contribution in [0.3, 0.4) is 0 Å². The summed E-state index contributed by atoms with van der Waals surface area (Å²) in [6, 6.07) is 5.51. The summed E-state index contributed by atoms with van der Waals surface area (Å²) in [5.74, 6) is 0. The summed E-state index contributed by atoms with van der Waals surface area (Å²) < 4.78 is 36.4. The molecule has 60 valence electrons. The highest BCUT2D eigenvalue weighted by Gasteiger charge is 2.34. The van der Waals surface area contributed by atoms with Crippen LogP contribution in [0.25, 0.3) is 0 Å². The van der Waals surface area contributed by atoms with Crippen molar-refractivity contribution in [3.8, 4) is 0 Å². The fourth-order valence-corrected chi connectivity index (χ4v) is 1.45. The average Bonchev–Trinajstić information content (AvgIpc) is 1.86. The van der Waals surface area contributed by atoms with Gasteiger partial charge in [-0.3, -0.25) is 0 Å². The predicted octanol–water partition coefficient (Wildman–Crippen LogP) is -0.839. The van der Waals surface area contributed by atoms with Gasteiger partial charge in [0.1, 0.15) is 5.56 Å². The van der Waals surface area contributed by atoms with Gasteiger partial charge in [-0.2, -0.15) is 13.2 Å². The maximum atomic E-state index is 12.1. The van der Waals surface area contributed by atoms with Crippen LogP contribution in [-0.2, 0) is 6.18 Å². The van der Waals surface area contributed by atoms with E-state index in [4.69, 9.17) is 0 Å². The van der Waals surface area contributed by atoms with Gasteiger partial charge in [0.05, 0.1) is 0 Å². The van der Waals surface area contributed by atoms with Crippen LogP contribution in [0.15, 0.2) is 24.3 Å². The highest BCUT2D eigenvalue weighted by molar-refractivity contribution is 5.16. The summed E-state index contributed by atoms with van der Waals surface area (Å²) in [4.78, 5) is 0. The van der Waals surface area contributed by atoms with Crippen molar-refractivity contribution in [3.63, 3.8) is 0 Å². The van der Waals surface area contributed by atoms with Crippen LogP contribution in [0, 0.1) is 3.57 Å². The normalized spacial score (nSPS) is 11.6. The Hall–Kier alpha value is -0.260. The van der Waals surface area contributed by atoms with Crippen molar-refractivity contribution >= 4 is 0 Å². The van der Waals surface area contributed by atoms with Gasteiger partial charge in [0.25, 0.3) is 22.6 Å². The molecule has 0 spiro atoms. The summed E-state index contributed by atoms with van der Waals surface area (Å²) >= 11 is 1.37. The fourth-order valence-electron chi connectivity index (χ4n) is 0.701. The lowest BCUT2D eigenvalue weighted by atomic mass is 10.2. The molecule has 11 heavy (non-hydrogen) atoms. The van der Waals surface area contributed by atoms with E-state index in [-0.39, 0.29) is 3.57 Å². The Bertz CT molecular complexity index is 254. The van der Waals surface area contributed by atoms with E-state index in [0.717, 1.165) is 6.07 Å². The number of halogens is 4. The highest BCUT2D eigenvalue weighted by Crippen LogP contribution is 2.28. The smallest absolute Gasteiger partial charge is 0.166 e. The molecule has 4 heteroatoms. The van der Waals surface area contributed by atoms with E-state index in [1.54, 1.807) is 6.07 Å². The van der Waals surface area contributed by atoms with Gasteiger partial charge in [-0.1, -0.05) is 12.1 Å². The van der Waals surface area contributed by atoms with Crippen molar-refractivity contribution in [2.75, 3.05) is 0 Å². The van der Waals surface area contributed by atoms with Gasteiger partial charge >= 0.3 is 6.18 Å². The minimum Gasteiger partial charge on any atom is -0.166 e. The molecule has 0 nitrogen and oxygen atoms in total. The van der Waals surface area contributed by atoms with Gasteiger partial charge in [0, 0.05) is 0 Å². The van der Waals surface area contributed by atoms with E-state index in [2.05, 4.69) is 0 Å². The highest BCUT2D eigenvalue weighted by atomic mass is 127. The molecule has 0 fully saturated rings. The molecule has 1 aromatic rings. The Morgan fingerprint density at radius 1 is 1.09 bits per heavy atom. The van der Waals surface area contributed by atoms with Gasteiger partial charge in [0.15, 0.2) is 3.57 Å². The third-order valence-electron chi connectivity index (χ3n) is 1.19. The number of hydrogen-bond acceptors (Lipinski definition) is 0. The molecule has 0 aliphatic rings. The second kappa shape index (κ2) is 3.00. The first kappa shape index (κ1) is 8.83. The summed E-state index contributed by atoms with van der Waals surface area (Å²) in [6.07, 6.45) is -4.21. The van der Waals surface area contributed by atoms with E-state index in [1.807, 2.05) is 0 Å². The number of rotatable bonds is 0. The number of alkyl halides is 3. The van der Waals surface area contributed by atoms with Crippen LogP contribution in [0.4, 0.5) is 13.2 Å². The predicted molar refractivity (Wildman–Crippen MR) is 31.5 cm³/mol. The van der Waals surface area contributed by atoms with Gasteiger partial charge in [-0.15, -0.1) is 0 Å². The van der Waals surface area contributed by atoms with Gasteiger partial charge in [0.2, 0.25) is 0 Å². The topological polar surface area (TPSA) is 0 Å². The van der Waals surface area contributed by atoms with Crippen molar-refractivity contribution in [2.45, 2.75) is 6.18 Å². The standard InChI is InChI=1S/C7H5F3I/c8-7(9,10)5-3-1-2-4-6(5)11/h1-4,11H/q+1. The lowest BCUT2D eigenvalue weighted by Gasteiger charge is -2.03. The first-order chi connectivity index (χ1) is 5.02. The zero-order valence-corrected chi connectivity index (χ0v) is 7.68. The molecule has 0 aromatic heterocycles. The third-order valence-corrected chi connectivity index (χ3v) is 2.21. The largest absolute Gasteiger partial charge is 0.420 e. The molecule has 0 saturated heterocycles. The minimum absolute atomic E-state index is 0.274. The second-order valence-corrected chi connectivity index (χ2v) is 3.25. The maximum Gasteiger partial charge on any atom is 0.420 e. The molecule has 0 radical (unpaired) electrons. The molecule has 0 bridgehead atoms. The molecule has 0 aliphatic carbocycles. The van der Waals surface area contributed by atoms with Crippen LogP contribution in [0.1, 0.15) is 5.56 Å². The summed E-state index contributed by atoms with van der Waals surface area (Å²) in [5.41, 5.74) is -0.551. The first-order valence-corrected chi connectivity index (χ1v) is 4.01. The van der Waals surface area contributed by atoms with Gasteiger partial charge in [-0.05, 0) is 12.1 Å². The minimum atomic E-state index is -4.21. The lowest BCUT2D eigenvalue weighted by molar-refractivity contribution is -0.335. The molecule has 1 rings (SSSR count). The van der Waals surface area contributed by atoms with Gasteiger partial charge in [-0.25, -0.2) is 0 Å². The van der Waals surface area contributed by atoms with Crippen LogP contribution in [-0.4, -0.2) is 0 Å². The Morgan fingerprint density at radius 3 is 2.00 bits per heavy atom. The number of hydrogen-bond donors (Lipinski definition) is 0. The van der Waals surface area contributed by atoms with Crippen LogP contribution < -0.4 is 22.6 Å². The Kier molecular flexibility index (Phi) is 2.41. The van der Waals surface area contributed by atoms with E-state index in [9.17, 15) is 13.2 Å². The zero-order valence-electron chi connectivity index (χ0n) is 5.35. The van der Waals surface area contributed by atoms with Crippen molar-refractivity contribution in [2.24, 2.45) is 0 Å². The van der Waals surface area contributed by atoms with E-state index < -0.39 is 11.7 Å². The summed E-state index contributed by atoms with van der Waals surface area (Å²) in [5, 5.41) is 0. The summed E-state index contributed by atoms with van der Waals surface area (Å²) in [6.45, 7) is 0. The first-order valence-electron chi connectivity index (χ1n) is 2.85. The van der Waals surface area contributed by atoms with E-state index in [1.165, 1.54) is 34.7 Å². The fraction of sp³-hybridized carbons (Fsp3) is 0.143. The van der Waals surface area contributed by atoms with E-state index >= 15 is 0 Å².